The number of nitrogens with zero attached hydrogens (tertiary/aromatic N) is 3. The molecule has 2 aromatic rings. The first-order valence-corrected chi connectivity index (χ1v) is 8.43. The molecule has 9 heteroatoms. The second kappa shape index (κ2) is 7.10. The van der Waals surface area contributed by atoms with Gasteiger partial charge in [-0.3, -0.25) is 9.69 Å². The molecule has 0 spiro atoms. The molecule has 1 amide bonds. The van der Waals surface area contributed by atoms with Crippen LogP contribution in [0.3, 0.4) is 0 Å². The molecule has 0 aliphatic carbocycles. The molecule has 0 fully saturated rings. The van der Waals surface area contributed by atoms with E-state index in [9.17, 15) is 14.9 Å². The molecule has 1 aliphatic rings. The van der Waals surface area contributed by atoms with Crippen molar-refractivity contribution < 1.29 is 19.2 Å². The second-order valence-corrected chi connectivity index (χ2v) is 6.59. The Hall–Kier alpha value is -3.36. The number of benzene rings is 1. The summed E-state index contributed by atoms with van der Waals surface area (Å²) in [4.78, 5) is 28.5. The van der Waals surface area contributed by atoms with Gasteiger partial charge >= 0.3 is 5.82 Å². The lowest BCUT2D eigenvalue weighted by atomic mass is 10.1. The van der Waals surface area contributed by atoms with E-state index in [2.05, 4.69) is 4.98 Å². The molecule has 0 bridgehead atoms. The van der Waals surface area contributed by atoms with E-state index in [0.29, 0.717) is 30.2 Å². The Morgan fingerprint density at radius 3 is 2.81 bits per heavy atom. The van der Waals surface area contributed by atoms with Gasteiger partial charge in [0.1, 0.15) is 5.75 Å². The largest absolute Gasteiger partial charge is 0.493 e. The number of nitro groups is 1. The van der Waals surface area contributed by atoms with Crippen molar-refractivity contribution in [3.63, 3.8) is 0 Å². The third-order valence-corrected chi connectivity index (χ3v) is 4.05. The lowest BCUT2D eigenvalue weighted by Gasteiger charge is -2.35. The first-order valence-electron chi connectivity index (χ1n) is 8.43. The Kier molecular flexibility index (Phi) is 4.85. The number of ether oxygens (including phenoxy) is 2. The Morgan fingerprint density at radius 1 is 1.33 bits per heavy atom. The quantitative estimate of drug-likeness (QED) is 0.358. The summed E-state index contributed by atoms with van der Waals surface area (Å²) in [6.07, 6.45) is 0.500. The zero-order valence-electron chi connectivity index (χ0n) is 15.0. The molecule has 2 N–H and O–H groups in total. The fourth-order valence-corrected chi connectivity index (χ4v) is 2.76. The van der Waals surface area contributed by atoms with Gasteiger partial charge in [0.05, 0.1) is 6.61 Å². The van der Waals surface area contributed by atoms with E-state index in [-0.39, 0.29) is 24.1 Å². The highest BCUT2D eigenvalue weighted by molar-refractivity contribution is 6.01. The molecule has 0 radical (unpaired) electrons. The molecule has 142 valence electrons. The Bertz CT molecular complexity index is 884. The summed E-state index contributed by atoms with van der Waals surface area (Å²) in [6, 6.07) is 9.77. The number of amides is 1. The summed E-state index contributed by atoms with van der Waals surface area (Å²) in [5.74, 6) is 0.468. The number of carbonyl (C=O) groups excluding carboxylic acids is 1. The second-order valence-electron chi connectivity index (χ2n) is 6.59. The van der Waals surface area contributed by atoms with Gasteiger partial charge in [-0.15, -0.1) is 0 Å². The van der Waals surface area contributed by atoms with Gasteiger partial charge in [0.15, 0.2) is 11.4 Å². The van der Waals surface area contributed by atoms with E-state index >= 15 is 0 Å². The average molecular weight is 372 g/mol. The molecule has 2 heterocycles. The predicted octanol–water partition coefficient (Wildman–Crippen LogP) is 2.55. The number of nitrogen functional groups attached to an aromatic ring is 1. The minimum atomic E-state index is -1.08. The van der Waals surface area contributed by atoms with Crippen molar-refractivity contribution in [1.82, 2.24) is 4.98 Å². The number of anilines is 2. The van der Waals surface area contributed by atoms with Crippen molar-refractivity contribution in [2.45, 2.75) is 25.9 Å². The molecule has 3 rings (SSSR count). The predicted molar refractivity (Wildman–Crippen MR) is 98.9 cm³/mol. The SMILES string of the molecule is CC1(C)Oc2ccc([N+](=O)[O-])nc2N(CCCOc2cccc(N)c2)C1=O. The number of aromatic nitrogens is 1. The molecular weight excluding hydrogens is 352 g/mol. The summed E-state index contributed by atoms with van der Waals surface area (Å²) in [7, 11) is 0. The van der Waals surface area contributed by atoms with Crippen LogP contribution in [0.25, 0.3) is 0 Å². The molecule has 0 saturated carbocycles. The zero-order chi connectivity index (χ0) is 19.6. The van der Waals surface area contributed by atoms with Crippen molar-refractivity contribution in [1.29, 1.82) is 0 Å². The number of hydrogen-bond acceptors (Lipinski definition) is 7. The van der Waals surface area contributed by atoms with Gasteiger partial charge in [0, 0.05) is 24.4 Å². The third-order valence-electron chi connectivity index (χ3n) is 4.05. The monoisotopic (exact) mass is 372 g/mol. The summed E-state index contributed by atoms with van der Waals surface area (Å²) in [5, 5.41) is 11.0. The van der Waals surface area contributed by atoms with Crippen molar-refractivity contribution in [2.24, 2.45) is 0 Å². The molecular formula is C18H20N4O5. The maximum absolute atomic E-state index is 12.7. The summed E-state index contributed by atoms with van der Waals surface area (Å²) in [6.45, 7) is 3.93. The number of hydrogen-bond donors (Lipinski definition) is 1. The molecule has 0 saturated heterocycles. The van der Waals surface area contributed by atoms with E-state index in [4.69, 9.17) is 15.2 Å². The van der Waals surface area contributed by atoms with E-state index in [1.54, 1.807) is 38.1 Å². The van der Waals surface area contributed by atoms with Crippen molar-refractivity contribution in [3.05, 3.63) is 46.5 Å². The number of nitrogens with two attached hydrogens (primary N) is 1. The highest BCUT2D eigenvalue weighted by Gasteiger charge is 2.44. The van der Waals surface area contributed by atoms with Crippen molar-refractivity contribution in [3.8, 4) is 11.5 Å². The standard InChI is InChI=1S/C18H20N4O5/c1-18(2)17(23)21(9-4-10-26-13-6-3-5-12(19)11-13)16-14(27-18)7-8-15(20-16)22(24)25/h3,5-8,11H,4,9-10,19H2,1-2H3. The summed E-state index contributed by atoms with van der Waals surface area (Å²) in [5.41, 5.74) is 5.23. The van der Waals surface area contributed by atoms with Crippen LogP contribution >= 0.6 is 0 Å². The smallest absolute Gasteiger partial charge is 0.366 e. The minimum Gasteiger partial charge on any atom is -0.493 e. The number of rotatable bonds is 6. The highest BCUT2D eigenvalue weighted by Crippen LogP contribution is 2.37. The molecule has 1 aromatic carbocycles. The maximum Gasteiger partial charge on any atom is 0.366 e. The average Bonchev–Trinajstić information content (AvgIpc) is 2.61. The van der Waals surface area contributed by atoms with Crippen LogP contribution in [-0.2, 0) is 4.79 Å². The van der Waals surface area contributed by atoms with Crippen LogP contribution in [0.2, 0.25) is 0 Å². The maximum atomic E-state index is 12.7. The first-order chi connectivity index (χ1) is 12.8. The molecule has 0 atom stereocenters. The van der Waals surface area contributed by atoms with Crippen molar-refractivity contribution in [2.75, 3.05) is 23.8 Å². The molecule has 1 aliphatic heterocycles. The van der Waals surface area contributed by atoms with E-state index in [1.165, 1.54) is 17.0 Å². The van der Waals surface area contributed by atoms with Crippen LogP contribution in [0.1, 0.15) is 20.3 Å². The fourth-order valence-electron chi connectivity index (χ4n) is 2.76. The van der Waals surface area contributed by atoms with Gasteiger partial charge in [-0.1, -0.05) is 6.07 Å². The number of fused-ring (bicyclic) bond motifs is 1. The topological polar surface area (TPSA) is 121 Å². The Morgan fingerprint density at radius 2 is 2.11 bits per heavy atom. The van der Waals surface area contributed by atoms with E-state index < -0.39 is 10.5 Å². The van der Waals surface area contributed by atoms with Crippen LogP contribution in [0.15, 0.2) is 36.4 Å². The van der Waals surface area contributed by atoms with Gasteiger partial charge in [0.2, 0.25) is 0 Å². The first kappa shape index (κ1) is 18.4. The number of pyridine rings is 1. The van der Waals surface area contributed by atoms with Crippen molar-refractivity contribution >= 4 is 23.2 Å². The summed E-state index contributed by atoms with van der Waals surface area (Å²) >= 11 is 0. The third kappa shape index (κ3) is 3.91. The van der Waals surface area contributed by atoms with Crippen LogP contribution < -0.4 is 20.1 Å². The Labute approximate surface area is 155 Å². The van der Waals surface area contributed by atoms with E-state index in [0.717, 1.165) is 0 Å². The lowest BCUT2D eigenvalue weighted by molar-refractivity contribution is -0.389. The molecule has 1 aromatic heterocycles. The van der Waals surface area contributed by atoms with Gasteiger partial charge in [-0.2, -0.15) is 0 Å². The van der Waals surface area contributed by atoms with Crippen LogP contribution in [0.5, 0.6) is 11.5 Å². The lowest BCUT2D eigenvalue weighted by Crippen LogP contribution is -2.53. The summed E-state index contributed by atoms with van der Waals surface area (Å²) < 4.78 is 11.3. The molecule has 9 nitrogen and oxygen atoms in total. The molecule has 27 heavy (non-hydrogen) atoms. The zero-order valence-corrected chi connectivity index (χ0v) is 15.0. The van der Waals surface area contributed by atoms with E-state index in [1.807, 2.05) is 0 Å². The van der Waals surface area contributed by atoms with Gasteiger partial charge < -0.3 is 25.3 Å². The molecule has 0 unspecified atom stereocenters. The van der Waals surface area contributed by atoms with Gasteiger partial charge in [0.25, 0.3) is 11.7 Å². The Balaban J connectivity index is 1.74. The normalized spacial score (nSPS) is 15.0. The van der Waals surface area contributed by atoms with Gasteiger partial charge in [-0.05, 0) is 48.4 Å². The van der Waals surface area contributed by atoms with Crippen LogP contribution in [-0.4, -0.2) is 34.6 Å². The fraction of sp³-hybridized carbons (Fsp3) is 0.333. The highest BCUT2D eigenvalue weighted by atomic mass is 16.6. The van der Waals surface area contributed by atoms with Crippen LogP contribution in [0, 0.1) is 10.1 Å². The minimum absolute atomic E-state index is 0.150. The van der Waals surface area contributed by atoms with Gasteiger partial charge in [-0.25, -0.2) is 0 Å². The number of carbonyl (C=O) groups is 1. The van der Waals surface area contributed by atoms with Crippen LogP contribution in [0.4, 0.5) is 17.3 Å².